The first-order valence-corrected chi connectivity index (χ1v) is 10.7. The summed E-state index contributed by atoms with van der Waals surface area (Å²) in [5.41, 5.74) is 7.10. The second kappa shape index (κ2) is 21.7. The summed E-state index contributed by atoms with van der Waals surface area (Å²) in [7, 11) is 0. The molecule has 0 atom stereocenters. The van der Waals surface area contributed by atoms with Crippen molar-refractivity contribution in [2.24, 2.45) is 0 Å². The van der Waals surface area contributed by atoms with E-state index in [4.69, 9.17) is 5.73 Å². The van der Waals surface area contributed by atoms with Crippen LogP contribution in [0.15, 0.2) is 12.2 Å². The third kappa shape index (κ3) is 21.7. The minimum absolute atomic E-state index is 0.618. The predicted octanol–water partition coefficient (Wildman–Crippen LogP) is 8.64. The number of allylic oxidation sites excluding steroid dienone is 2. The van der Waals surface area contributed by atoms with Gasteiger partial charge >= 0.3 is 0 Å². The molecule has 0 saturated carbocycles. The van der Waals surface area contributed by atoms with Gasteiger partial charge in [-0.3, -0.25) is 0 Å². The van der Waals surface area contributed by atoms with Gasteiger partial charge in [0.05, 0.1) is 0 Å². The van der Waals surface area contributed by atoms with Crippen LogP contribution < -0.4 is 0 Å². The number of rotatable bonds is 19. The fraction of sp³-hybridized carbons (Fsp3) is 0.909. The summed E-state index contributed by atoms with van der Waals surface area (Å²) in [5, 5.41) is 0. The van der Waals surface area contributed by atoms with E-state index in [-0.39, 0.29) is 0 Å². The van der Waals surface area contributed by atoms with Gasteiger partial charge in [-0.05, 0) is 25.7 Å². The standard InChI is InChI=1S/C22H44N/c1-2-3-4-5-6-7-8-9-10-11-12-13-14-15-16-17-18-19-20-21-22-23/h9-10,23H,2-8,11-22H2,1H3/q-1. The van der Waals surface area contributed by atoms with Crippen molar-refractivity contribution in [3.63, 3.8) is 0 Å². The van der Waals surface area contributed by atoms with Gasteiger partial charge in [-0.15, -0.1) is 0 Å². The molecule has 0 aromatic heterocycles. The lowest BCUT2D eigenvalue weighted by molar-refractivity contribution is 0.556. The molecule has 0 saturated heterocycles. The molecule has 0 amide bonds. The van der Waals surface area contributed by atoms with Gasteiger partial charge in [0.2, 0.25) is 0 Å². The Morgan fingerprint density at radius 3 is 1.22 bits per heavy atom. The predicted molar refractivity (Wildman–Crippen MR) is 107 cm³/mol. The van der Waals surface area contributed by atoms with Crippen LogP contribution in [0.2, 0.25) is 0 Å². The van der Waals surface area contributed by atoms with Crippen LogP contribution >= 0.6 is 0 Å². The Morgan fingerprint density at radius 1 is 0.478 bits per heavy atom. The summed E-state index contributed by atoms with van der Waals surface area (Å²) in [6.45, 7) is 2.90. The Morgan fingerprint density at radius 2 is 0.826 bits per heavy atom. The van der Waals surface area contributed by atoms with Crippen LogP contribution in [-0.2, 0) is 0 Å². The van der Waals surface area contributed by atoms with Gasteiger partial charge in [0.15, 0.2) is 0 Å². The van der Waals surface area contributed by atoms with Crippen molar-refractivity contribution in [3.05, 3.63) is 17.9 Å². The fourth-order valence-electron chi connectivity index (χ4n) is 3.08. The van der Waals surface area contributed by atoms with Crippen LogP contribution in [0.3, 0.4) is 0 Å². The van der Waals surface area contributed by atoms with E-state index in [1.165, 1.54) is 109 Å². The number of nitrogens with one attached hydrogen (secondary N) is 1. The van der Waals surface area contributed by atoms with E-state index in [2.05, 4.69) is 19.1 Å². The van der Waals surface area contributed by atoms with Crippen LogP contribution in [0, 0.1) is 0 Å². The van der Waals surface area contributed by atoms with Gasteiger partial charge in [0, 0.05) is 0 Å². The lowest BCUT2D eigenvalue weighted by atomic mass is 10.1. The van der Waals surface area contributed by atoms with Crippen LogP contribution in [0.25, 0.3) is 5.73 Å². The average molecular weight is 323 g/mol. The molecule has 0 aliphatic carbocycles. The second-order valence-corrected chi connectivity index (χ2v) is 7.10. The minimum atomic E-state index is 0.618. The maximum atomic E-state index is 7.10. The zero-order valence-corrected chi connectivity index (χ0v) is 16.1. The normalized spacial score (nSPS) is 11.6. The Labute approximate surface area is 147 Å². The molecule has 0 radical (unpaired) electrons. The van der Waals surface area contributed by atoms with E-state index in [1.807, 2.05) is 0 Å². The third-order valence-electron chi connectivity index (χ3n) is 4.69. The van der Waals surface area contributed by atoms with E-state index in [0.717, 1.165) is 6.42 Å². The first-order chi connectivity index (χ1) is 11.4. The van der Waals surface area contributed by atoms with Crippen molar-refractivity contribution in [1.82, 2.24) is 0 Å². The van der Waals surface area contributed by atoms with E-state index in [0.29, 0.717) is 6.54 Å². The maximum Gasteiger partial charge on any atom is -0.0351 e. The summed E-state index contributed by atoms with van der Waals surface area (Å²) in [5.74, 6) is 0. The molecular weight excluding hydrogens is 278 g/mol. The van der Waals surface area contributed by atoms with E-state index >= 15 is 0 Å². The van der Waals surface area contributed by atoms with Crippen LogP contribution in [0.5, 0.6) is 0 Å². The molecule has 23 heavy (non-hydrogen) atoms. The zero-order chi connectivity index (χ0) is 16.8. The highest BCUT2D eigenvalue weighted by Gasteiger charge is 1.92. The van der Waals surface area contributed by atoms with Crippen molar-refractivity contribution in [1.29, 1.82) is 0 Å². The monoisotopic (exact) mass is 322 g/mol. The molecule has 0 bridgehead atoms. The lowest BCUT2D eigenvalue weighted by Gasteiger charge is -2.03. The Kier molecular flexibility index (Phi) is 21.4. The van der Waals surface area contributed by atoms with E-state index < -0.39 is 0 Å². The Balaban J connectivity index is 3.02. The Bertz CT molecular complexity index is 222. The summed E-state index contributed by atoms with van der Waals surface area (Å²) < 4.78 is 0. The number of hydrogen-bond donors (Lipinski definition) is 0. The molecule has 138 valence electrons. The van der Waals surface area contributed by atoms with Crippen LogP contribution in [0.1, 0.15) is 122 Å². The molecule has 0 spiro atoms. The van der Waals surface area contributed by atoms with Gasteiger partial charge in [-0.25, -0.2) is 0 Å². The molecule has 1 heteroatoms. The van der Waals surface area contributed by atoms with Crippen molar-refractivity contribution in [2.45, 2.75) is 122 Å². The molecule has 0 heterocycles. The third-order valence-corrected chi connectivity index (χ3v) is 4.69. The van der Waals surface area contributed by atoms with Gasteiger partial charge in [-0.1, -0.05) is 109 Å². The molecule has 1 N–H and O–H groups in total. The summed E-state index contributed by atoms with van der Waals surface area (Å²) in [4.78, 5) is 0. The van der Waals surface area contributed by atoms with Gasteiger partial charge in [0.1, 0.15) is 0 Å². The highest BCUT2D eigenvalue weighted by molar-refractivity contribution is 4.81. The lowest BCUT2D eigenvalue weighted by Crippen LogP contribution is -1.83. The first kappa shape index (κ1) is 22.7. The van der Waals surface area contributed by atoms with Crippen molar-refractivity contribution >= 4 is 0 Å². The molecule has 0 aromatic rings. The highest BCUT2D eigenvalue weighted by Crippen LogP contribution is 2.12. The first-order valence-electron chi connectivity index (χ1n) is 10.7. The minimum Gasteiger partial charge on any atom is -0.677 e. The van der Waals surface area contributed by atoms with Gasteiger partial charge in [0.25, 0.3) is 0 Å². The molecule has 0 aromatic carbocycles. The highest BCUT2D eigenvalue weighted by atomic mass is 14.5. The van der Waals surface area contributed by atoms with E-state index in [9.17, 15) is 0 Å². The fourth-order valence-corrected chi connectivity index (χ4v) is 3.08. The molecular formula is C22H44N-. The van der Waals surface area contributed by atoms with Gasteiger partial charge < -0.3 is 5.73 Å². The quantitative estimate of drug-likeness (QED) is 0.168. The van der Waals surface area contributed by atoms with Crippen LogP contribution in [0.4, 0.5) is 0 Å². The molecule has 0 aliphatic rings. The van der Waals surface area contributed by atoms with Crippen molar-refractivity contribution in [2.75, 3.05) is 6.54 Å². The summed E-state index contributed by atoms with van der Waals surface area (Å²) >= 11 is 0. The number of unbranched alkanes of at least 4 members (excludes halogenated alkanes) is 16. The summed E-state index contributed by atoms with van der Waals surface area (Å²) in [6, 6.07) is 0. The molecule has 0 fully saturated rings. The molecule has 0 rings (SSSR count). The Hall–Kier alpha value is -0.300. The second-order valence-electron chi connectivity index (χ2n) is 7.10. The molecule has 0 unspecified atom stereocenters. The van der Waals surface area contributed by atoms with Gasteiger partial charge in [-0.2, -0.15) is 6.54 Å². The largest absolute Gasteiger partial charge is 0.677 e. The maximum absolute atomic E-state index is 7.10. The van der Waals surface area contributed by atoms with Crippen LogP contribution in [-0.4, -0.2) is 6.54 Å². The van der Waals surface area contributed by atoms with Crippen molar-refractivity contribution in [3.8, 4) is 0 Å². The van der Waals surface area contributed by atoms with Crippen molar-refractivity contribution < 1.29 is 0 Å². The smallest absolute Gasteiger partial charge is 0.0351 e. The number of hydrogen-bond acceptors (Lipinski definition) is 0. The average Bonchev–Trinajstić information content (AvgIpc) is 2.57. The zero-order valence-electron chi connectivity index (χ0n) is 16.1. The SMILES string of the molecule is CCCCCCCCC=CCCCCCCCCCCCC[NH-]. The summed E-state index contributed by atoms with van der Waals surface area (Å²) in [6.07, 6.45) is 29.5. The molecule has 1 nitrogen and oxygen atoms in total. The van der Waals surface area contributed by atoms with E-state index in [1.54, 1.807) is 0 Å². The topological polar surface area (TPSA) is 23.8 Å². The molecule has 0 aliphatic heterocycles.